The zero-order chi connectivity index (χ0) is 17.0. The van der Waals surface area contributed by atoms with Crippen LogP contribution >= 0.6 is 0 Å². The number of rotatable bonds is 1. The number of hydrogen-bond acceptors (Lipinski definition) is 4. The van der Waals surface area contributed by atoms with Gasteiger partial charge in [-0.05, 0) is 30.0 Å². The van der Waals surface area contributed by atoms with Gasteiger partial charge in [0.05, 0.1) is 23.3 Å². The normalized spacial score (nSPS) is 28.5. The Balaban J connectivity index is 1.67. The van der Waals surface area contributed by atoms with E-state index in [1.807, 2.05) is 42.5 Å². The van der Waals surface area contributed by atoms with Crippen LogP contribution < -0.4 is 9.47 Å². The molecular formula is C21H18O4. The lowest BCUT2D eigenvalue weighted by atomic mass is 9.71. The molecule has 0 fully saturated rings. The molecule has 25 heavy (non-hydrogen) atoms. The lowest BCUT2D eigenvalue weighted by Crippen LogP contribution is -2.57. The van der Waals surface area contributed by atoms with E-state index < -0.39 is 5.79 Å². The first-order chi connectivity index (χ1) is 12.2. The van der Waals surface area contributed by atoms with Crippen LogP contribution in [0.3, 0.4) is 0 Å². The Labute approximate surface area is 145 Å². The summed E-state index contributed by atoms with van der Waals surface area (Å²) in [5.41, 5.74) is 0. The lowest BCUT2D eigenvalue weighted by molar-refractivity contribution is -0.157. The van der Waals surface area contributed by atoms with Gasteiger partial charge in [0, 0.05) is 13.2 Å². The summed E-state index contributed by atoms with van der Waals surface area (Å²) in [5, 5.41) is 2.05. The van der Waals surface area contributed by atoms with E-state index in [-0.39, 0.29) is 23.7 Å². The van der Waals surface area contributed by atoms with Crippen LogP contribution in [0.2, 0.25) is 0 Å². The average Bonchev–Trinajstić information content (AvgIpc) is 2.65. The number of carbonyl (C=O) groups is 1. The molecule has 3 atom stereocenters. The van der Waals surface area contributed by atoms with Crippen molar-refractivity contribution >= 4 is 16.6 Å². The maximum atomic E-state index is 12.5. The Morgan fingerprint density at radius 2 is 1.84 bits per heavy atom. The second kappa shape index (κ2) is 5.20. The molecule has 2 aromatic carbocycles. The maximum Gasteiger partial charge on any atom is 0.278 e. The molecule has 0 amide bonds. The Morgan fingerprint density at radius 1 is 1.12 bits per heavy atom. The number of ether oxygens (including phenoxy) is 3. The van der Waals surface area contributed by atoms with Crippen LogP contribution in [0, 0.1) is 11.8 Å². The van der Waals surface area contributed by atoms with Crippen molar-refractivity contribution in [2.45, 2.75) is 18.3 Å². The van der Waals surface area contributed by atoms with Gasteiger partial charge in [0.25, 0.3) is 5.79 Å². The minimum atomic E-state index is -1.02. The fourth-order valence-corrected chi connectivity index (χ4v) is 4.28. The van der Waals surface area contributed by atoms with Crippen molar-refractivity contribution in [1.82, 2.24) is 0 Å². The summed E-state index contributed by atoms with van der Waals surface area (Å²) < 4.78 is 18.3. The van der Waals surface area contributed by atoms with E-state index in [0.29, 0.717) is 0 Å². The highest BCUT2D eigenvalue weighted by Crippen LogP contribution is 2.49. The van der Waals surface area contributed by atoms with E-state index in [2.05, 4.69) is 6.08 Å². The summed E-state index contributed by atoms with van der Waals surface area (Å²) in [6, 6.07) is 11.9. The quantitative estimate of drug-likeness (QED) is 0.747. The van der Waals surface area contributed by atoms with Gasteiger partial charge in [-0.1, -0.05) is 36.4 Å². The average molecular weight is 334 g/mol. The summed E-state index contributed by atoms with van der Waals surface area (Å²) in [6.45, 7) is 0. The molecule has 1 spiro atoms. The molecule has 2 aromatic rings. The van der Waals surface area contributed by atoms with Gasteiger partial charge in [0.1, 0.15) is 11.5 Å². The predicted molar refractivity (Wildman–Crippen MR) is 93.6 cm³/mol. The van der Waals surface area contributed by atoms with E-state index in [1.54, 1.807) is 19.3 Å². The molecule has 126 valence electrons. The van der Waals surface area contributed by atoms with Gasteiger partial charge in [-0.25, -0.2) is 0 Å². The zero-order valence-corrected chi connectivity index (χ0v) is 13.8. The van der Waals surface area contributed by atoms with E-state index in [0.717, 1.165) is 28.7 Å². The Bertz CT molecular complexity index is 886. The SMILES string of the molecule is CO[C@H]1CC=C[C@@H]2[C@H]1C(=O)C=CC21Oc2cccc3cccc(c23)O1. The van der Waals surface area contributed by atoms with E-state index in [1.165, 1.54) is 0 Å². The highest BCUT2D eigenvalue weighted by molar-refractivity contribution is 5.96. The van der Waals surface area contributed by atoms with Crippen LogP contribution in [-0.4, -0.2) is 24.8 Å². The minimum absolute atomic E-state index is 0.0658. The third kappa shape index (κ3) is 2.01. The molecule has 1 heterocycles. The van der Waals surface area contributed by atoms with Gasteiger partial charge in [-0.2, -0.15) is 0 Å². The van der Waals surface area contributed by atoms with Crippen LogP contribution in [0.25, 0.3) is 10.8 Å². The van der Waals surface area contributed by atoms with Crippen LogP contribution in [0.15, 0.2) is 60.7 Å². The number of fused-ring (bicyclic) bond motifs is 2. The molecule has 4 heteroatoms. The van der Waals surface area contributed by atoms with Gasteiger partial charge in [-0.3, -0.25) is 4.79 Å². The Kier molecular flexibility index (Phi) is 3.06. The van der Waals surface area contributed by atoms with Gasteiger partial charge in [0.2, 0.25) is 0 Å². The lowest BCUT2D eigenvalue weighted by Gasteiger charge is -2.47. The number of allylic oxidation sites excluding steroid dienone is 1. The van der Waals surface area contributed by atoms with Crippen molar-refractivity contribution in [3.8, 4) is 11.5 Å². The Hall–Kier alpha value is -2.59. The second-order valence-corrected chi connectivity index (χ2v) is 6.76. The molecule has 0 saturated carbocycles. The molecule has 1 aliphatic heterocycles. The smallest absolute Gasteiger partial charge is 0.278 e. The zero-order valence-electron chi connectivity index (χ0n) is 13.8. The van der Waals surface area contributed by atoms with Crippen LogP contribution in [0.1, 0.15) is 6.42 Å². The molecule has 0 unspecified atom stereocenters. The molecule has 0 bridgehead atoms. The number of carbonyl (C=O) groups excluding carboxylic acids is 1. The first-order valence-electron chi connectivity index (χ1n) is 8.54. The molecular weight excluding hydrogens is 316 g/mol. The van der Waals surface area contributed by atoms with Crippen molar-refractivity contribution in [2.24, 2.45) is 11.8 Å². The summed E-state index contributed by atoms with van der Waals surface area (Å²) in [4.78, 5) is 12.5. The predicted octanol–water partition coefficient (Wildman–Crippen LogP) is 3.65. The summed E-state index contributed by atoms with van der Waals surface area (Å²) >= 11 is 0. The van der Waals surface area contributed by atoms with Gasteiger partial charge < -0.3 is 14.2 Å². The standard InChI is InChI=1S/C21H18O4/c1-23-16-8-4-7-14-20(16)15(22)11-12-21(14)24-17-9-2-5-13-6-3-10-18(25-21)19(13)17/h2-7,9-12,14,16,20H,8H2,1H3/t14-,16+,20+/m1/s1. The van der Waals surface area contributed by atoms with Crippen molar-refractivity contribution in [3.05, 3.63) is 60.7 Å². The third-order valence-corrected chi connectivity index (χ3v) is 5.44. The van der Waals surface area contributed by atoms with Crippen molar-refractivity contribution in [3.63, 3.8) is 0 Å². The van der Waals surface area contributed by atoms with Crippen LogP contribution in [0.5, 0.6) is 11.5 Å². The van der Waals surface area contributed by atoms with Crippen LogP contribution in [0.4, 0.5) is 0 Å². The molecule has 3 aliphatic rings. The highest BCUT2D eigenvalue weighted by Gasteiger charge is 2.54. The first kappa shape index (κ1) is 14.7. The largest absolute Gasteiger partial charge is 0.447 e. The minimum Gasteiger partial charge on any atom is -0.447 e. The molecule has 0 radical (unpaired) electrons. The molecule has 0 saturated heterocycles. The van der Waals surface area contributed by atoms with Gasteiger partial charge >= 0.3 is 0 Å². The molecule has 4 nitrogen and oxygen atoms in total. The van der Waals surface area contributed by atoms with E-state index in [4.69, 9.17) is 14.2 Å². The number of methoxy groups -OCH3 is 1. The number of ketones is 1. The molecule has 0 aromatic heterocycles. The van der Waals surface area contributed by atoms with E-state index in [9.17, 15) is 4.79 Å². The summed E-state index contributed by atoms with van der Waals surface area (Å²) in [5.74, 6) is 0.0810. The fraction of sp³-hybridized carbons (Fsp3) is 0.286. The molecule has 2 aliphatic carbocycles. The molecule has 5 rings (SSSR count). The first-order valence-corrected chi connectivity index (χ1v) is 8.54. The topological polar surface area (TPSA) is 44.8 Å². The summed E-state index contributed by atoms with van der Waals surface area (Å²) in [7, 11) is 1.65. The van der Waals surface area contributed by atoms with Crippen molar-refractivity contribution in [2.75, 3.05) is 7.11 Å². The highest BCUT2D eigenvalue weighted by atomic mass is 16.7. The maximum absolute atomic E-state index is 12.5. The van der Waals surface area contributed by atoms with Gasteiger partial charge in [0.15, 0.2) is 5.78 Å². The third-order valence-electron chi connectivity index (χ3n) is 5.44. The summed E-state index contributed by atoms with van der Waals surface area (Å²) in [6.07, 6.45) is 7.99. The van der Waals surface area contributed by atoms with Crippen molar-refractivity contribution < 1.29 is 19.0 Å². The number of benzene rings is 2. The van der Waals surface area contributed by atoms with Crippen LogP contribution in [-0.2, 0) is 9.53 Å². The monoisotopic (exact) mass is 334 g/mol. The fourth-order valence-electron chi connectivity index (χ4n) is 4.28. The second-order valence-electron chi connectivity index (χ2n) is 6.76. The Morgan fingerprint density at radius 3 is 2.52 bits per heavy atom. The van der Waals surface area contributed by atoms with Crippen molar-refractivity contribution in [1.29, 1.82) is 0 Å². The molecule has 0 N–H and O–H groups in total. The number of hydrogen-bond donors (Lipinski definition) is 0. The van der Waals surface area contributed by atoms with Gasteiger partial charge in [-0.15, -0.1) is 0 Å². The van der Waals surface area contributed by atoms with E-state index >= 15 is 0 Å².